The number of hydroxylamine groups is 1. The molecule has 4 aromatic rings. The van der Waals surface area contributed by atoms with Gasteiger partial charge in [0, 0.05) is 22.1 Å². The van der Waals surface area contributed by atoms with Gasteiger partial charge in [0.15, 0.2) is 0 Å². The molecule has 36 heavy (non-hydrogen) atoms. The predicted octanol–water partition coefficient (Wildman–Crippen LogP) is 4.93. The van der Waals surface area contributed by atoms with Gasteiger partial charge in [0.1, 0.15) is 23.7 Å². The highest BCUT2D eigenvalue weighted by Gasteiger charge is 2.33. The zero-order chi connectivity index (χ0) is 25.7. The van der Waals surface area contributed by atoms with Gasteiger partial charge in [-0.3, -0.25) is 14.8 Å². The SMILES string of the molecule is O=C(NO)c1ccc(OCCNC(=O)c2oc3ccccc3c2-c2ccccc2OC(F)(F)F)cc1. The number of hydrogen-bond acceptors (Lipinski definition) is 6. The quantitative estimate of drug-likeness (QED) is 0.180. The first kappa shape index (κ1) is 24.6. The van der Waals surface area contributed by atoms with E-state index in [1.54, 1.807) is 24.3 Å². The number of fused-ring (bicyclic) bond motifs is 1. The third kappa shape index (κ3) is 5.58. The first-order valence-electron chi connectivity index (χ1n) is 10.6. The van der Waals surface area contributed by atoms with Crippen molar-refractivity contribution in [2.24, 2.45) is 0 Å². The molecular weight excluding hydrogens is 481 g/mol. The molecule has 0 unspecified atom stereocenters. The number of carbonyl (C=O) groups is 2. The highest BCUT2D eigenvalue weighted by Crippen LogP contribution is 2.41. The summed E-state index contributed by atoms with van der Waals surface area (Å²) < 4.78 is 54.4. The minimum atomic E-state index is -4.92. The summed E-state index contributed by atoms with van der Waals surface area (Å²) in [6.45, 7) is 0.107. The molecule has 186 valence electrons. The van der Waals surface area contributed by atoms with Crippen LogP contribution in [0.1, 0.15) is 20.9 Å². The average molecular weight is 500 g/mol. The third-order valence-electron chi connectivity index (χ3n) is 5.06. The fraction of sp³-hybridized carbons (Fsp3) is 0.120. The number of carbonyl (C=O) groups excluding carboxylic acids is 2. The van der Waals surface area contributed by atoms with Crippen molar-refractivity contribution in [3.8, 4) is 22.6 Å². The van der Waals surface area contributed by atoms with Gasteiger partial charge in [0.2, 0.25) is 5.76 Å². The van der Waals surface area contributed by atoms with E-state index < -0.39 is 23.9 Å². The highest BCUT2D eigenvalue weighted by molar-refractivity contribution is 6.08. The number of para-hydroxylation sites is 2. The lowest BCUT2D eigenvalue weighted by Crippen LogP contribution is -2.28. The Morgan fingerprint density at radius 3 is 2.33 bits per heavy atom. The summed E-state index contributed by atoms with van der Waals surface area (Å²) in [5, 5.41) is 11.7. The number of ether oxygens (including phenoxy) is 2. The summed E-state index contributed by atoms with van der Waals surface area (Å²) in [5.41, 5.74) is 2.29. The van der Waals surface area contributed by atoms with Crippen LogP contribution in [-0.2, 0) is 0 Å². The lowest BCUT2D eigenvalue weighted by Gasteiger charge is -2.13. The van der Waals surface area contributed by atoms with Crippen LogP contribution in [0.5, 0.6) is 11.5 Å². The van der Waals surface area contributed by atoms with Crippen molar-refractivity contribution in [3.05, 3.63) is 84.1 Å². The molecule has 3 N–H and O–H groups in total. The second-order valence-corrected chi connectivity index (χ2v) is 7.42. The van der Waals surface area contributed by atoms with Gasteiger partial charge in [-0.25, -0.2) is 5.48 Å². The highest BCUT2D eigenvalue weighted by atomic mass is 19.4. The van der Waals surface area contributed by atoms with E-state index in [2.05, 4.69) is 10.1 Å². The molecule has 8 nitrogen and oxygen atoms in total. The van der Waals surface area contributed by atoms with Crippen LogP contribution in [0.2, 0.25) is 0 Å². The summed E-state index contributed by atoms with van der Waals surface area (Å²) in [7, 11) is 0. The minimum absolute atomic E-state index is 0.0492. The monoisotopic (exact) mass is 500 g/mol. The van der Waals surface area contributed by atoms with Crippen LogP contribution < -0.4 is 20.3 Å². The van der Waals surface area contributed by atoms with Gasteiger partial charge in [0.05, 0.1) is 6.54 Å². The maximum Gasteiger partial charge on any atom is 0.573 e. The van der Waals surface area contributed by atoms with Gasteiger partial charge in [-0.2, -0.15) is 0 Å². The Bertz CT molecular complexity index is 1380. The fourth-order valence-electron chi connectivity index (χ4n) is 3.54. The number of hydrogen-bond donors (Lipinski definition) is 3. The van der Waals surface area contributed by atoms with E-state index in [0.29, 0.717) is 16.7 Å². The van der Waals surface area contributed by atoms with Crippen LogP contribution >= 0.6 is 0 Å². The molecular formula is C25H19F3N2O6. The van der Waals surface area contributed by atoms with Gasteiger partial charge in [0.25, 0.3) is 11.8 Å². The van der Waals surface area contributed by atoms with E-state index in [1.165, 1.54) is 47.9 Å². The number of alkyl halides is 3. The number of amides is 2. The second-order valence-electron chi connectivity index (χ2n) is 7.42. The lowest BCUT2D eigenvalue weighted by atomic mass is 10.0. The number of furan rings is 1. The van der Waals surface area contributed by atoms with E-state index in [-0.39, 0.29) is 35.6 Å². The molecule has 1 heterocycles. The van der Waals surface area contributed by atoms with Crippen molar-refractivity contribution >= 4 is 22.8 Å². The van der Waals surface area contributed by atoms with Crippen molar-refractivity contribution in [3.63, 3.8) is 0 Å². The van der Waals surface area contributed by atoms with Crippen LogP contribution in [-0.4, -0.2) is 36.5 Å². The zero-order valence-electron chi connectivity index (χ0n) is 18.5. The molecule has 0 radical (unpaired) electrons. The molecule has 0 saturated carbocycles. The van der Waals surface area contributed by atoms with Crippen LogP contribution in [0.4, 0.5) is 13.2 Å². The van der Waals surface area contributed by atoms with Crippen molar-refractivity contribution in [2.45, 2.75) is 6.36 Å². The van der Waals surface area contributed by atoms with Crippen LogP contribution in [0.3, 0.4) is 0 Å². The molecule has 0 spiro atoms. The molecule has 1 aromatic heterocycles. The van der Waals surface area contributed by atoms with Crippen molar-refractivity contribution in [1.82, 2.24) is 10.8 Å². The van der Waals surface area contributed by atoms with E-state index in [4.69, 9.17) is 14.4 Å². The molecule has 11 heteroatoms. The molecule has 4 rings (SSSR count). The summed E-state index contributed by atoms with van der Waals surface area (Å²) in [6, 6.07) is 18.0. The van der Waals surface area contributed by atoms with Crippen molar-refractivity contribution < 1.29 is 41.9 Å². The first-order chi connectivity index (χ1) is 17.3. The van der Waals surface area contributed by atoms with E-state index in [9.17, 15) is 22.8 Å². The number of nitrogens with one attached hydrogen (secondary N) is 2. The summed E-state index contributed by atoms with van der Waals surface area (Å²) in [6.07, 6.45) is -4.92. The molecule has 0 bridgehead atoms. The molecule has 2 amide bonds. The summed E-state index contributed by atoms with van der Waals surface area (Å²) in [4.78, 5) is 24.3. The van der Waals surface area contributed by atoms with Gasteiger partial charge < -0.3 is 19.2 Å². The Hall–Kier alpha value is -4.51. The smallest absolute Gasteiger partial charge is 0.492 e. The van der Waals surface area contributed by atoms with E-state index >= 15 is 0 Å². The number of halogens is 3. The average Bonchev–Trinajstić information content (AvgIpc) is 3.25. The Balaban J connectivity index is 1.52. The van der Waals surface area contributed by atoms with E-state index in [1.807, 2.05) is 0 Å². The Morgan fingerprint density at radius 2 is 1.61 bits per heavy atom. The predicted molar refractivity (Wildman–Crippen MR) is 122 cm³/mol. The largest absolute Gasteiger partial charge is 0.573 e. The molecule has 0 aliphatic rings. The standard InChI is InChI=1S/C25H19F3N2O6/c26-25(27,28)36-20-8-4-2-6-18(20)21-17-5-1-3-7-19(17)35-22(21)24(32)29-13-14-34-16-11-9-15(10-12-16)23(31)30-33/h1-12,33H,13-14H2,(H,29,32)(H,30,31). The van der Waals surface area contributed by atoms with Gasteiger partial charge in [-0.15, -0.1) is 13.2 Å². The second kappa shape index (κ2) is 10.4. The van der Waals surface area contributed by atoms with Gasteiger partial charge in [-0.05, 0) is 36.4 Å². The number of rotatable bonds is 8. The van der Waals surface area contributed by atoms with Gasteiger partial charge >= 0.3 is 6.36 Å². The lowest BCUT2D eigenvalue weighted by molar-refractivity contribution is -0.274. The first-order valence-corrected chi connectivity index (χ1v) is 10.6. The van der Waals surface area contributed by atoms with Crippen LogP contribution in [0.15, 0.2) is 77.2 Å². The third-order valence-corrected chi connectivity index (χ3v) is 5.06. The summed E-state index contributed by atoms with van der Waals surface area (Å²) in [5.74, 6) is -1.54. The maximum atomic E-state index is 13.0. The Labute approximate surface area is 202 Å². The molecule has 0 fully saturated rings. The van der Waals surface area contributed by atoms with Gasteiger partial charge in [-0.1, -0.05) is 36.4 Å². The summed E-state index contributed by atoms with van der Waals surface area (Å²) >= 11 is 0. The van der Waals surface area contributed by atoms with Crippen molar-refractivity contribution in [1.29, 1.82) is 0 Å². The molecule has 0 aliphatic carbocycles. The molecule has 3 aromatic carbocycles. The minimum Gasteiger partial charge on any atom is -0.492 e. The van der Waals surface area contributed by atoms with Crippen LogP contribution in [0, 0.1) is 0 Å². The number of benzene rings is 3. The molecule has 0 aliphatic heterocycles. The van der Waals surface area contributed by atoms with E-state index in [0.717, 1.165) is 6.07 Å². The maximum absolute atomic E-state index is 13.0. The van der Waals surface area contributed by atoms with Crippen LogP contribution in [0.25, 0.3) is 22.1 Å². The normalized spacial score (nSPS) is 11.2. The molecule has 0 atom stereocenters. The Kier molecular flexibility index (Phi) is 7.11. The fourth-order valence-corrected chi connectivity index (χ4v) is 3.54. The van der Waals surface area contributed by atoms with Crippen molar-refractivity contribution in [2.75, 3.05) is 13.2 Å². The topological polar surface area (TPSA) is 110 Å². The molecule has 0 saturated heterocycles. The Morgan fingerprint density at radius 1 is 0.917 bits per heavy atom. The zero-order valence-corrected chi connectivity index (χ0v) is 18.5.